The molecule has 3 heterocycles. The third kappa shape index (κ3) is 4.58. The van der Waals surface area contributed by atoms with Gasteiger partial charge in [0.2, 0.25) is 5.88 Å². The van der Waals surface area contributed by atoms with Crippen molar-refractivity contribution < 1.29 is 17.9 Å². The lowest BCUT2D eigenvalue weighted by Gasteiger charge is -2.33. The first-order valence-electron chi connectivity index (χ1n) is 8.12. The largest absolute Gasteiger partial charge is 0.477 e. The van der Waals surface area contributed by atoms with Crippen LogP contribution in [0.2, 0.25) is 0 Å². The zero-order valence-corrected chi connectivity index (χ0v) is 13.8. The highest BCUT2D eigenvalue weighted by Crippen LogP contribution is 2.30. The topological polar surface area (TPSA) is 51.1 Å². The summed E-state index contributed by atoms with van der Waals surface area (Å²) in [6.07, 6.45) is -1.66. The Bertz CT molecular complexity index is 723. The molecule has 0 saturated carbocycles. The molecule has 5 nitrogen and oxygen atoms in total. The highest BCUT2D eigenvalue weighted by molar-refractivity contribution is 5.40. The fourth-order valence-corrected chi connectivity index (χ4v) is 2.89. The summed E-state index contributed by atoms with van der Waals surface area (Å²) < 4.78 is 44.2. The average Bonchev–Trinajstić information content (AvgIpc) is 2.60. The lowest BCUT2D eigenvalue weighted by atomic mass is 9.99. The van der Waals surface area contributed by atoms with Gasteiger partial charge < -0.3 is 9.64 Å². The molecule has 2 aromatic rings. The van der Waals surface area contributed by atoms with Crippen LogP contribution in [0.15, 0.2) is 30.6 Å². The Labute approximate surface area is 143 Å². The Hall–Kier alpha value is -2.38. The Morgan fingerprint density at radius 2 is 2.12 bits per heavy atom. The average molecular weight is 352 g/mol. The maximum absolute atomic E-state index is 12.8. The molecule has 8 heteroatoms. The summed E-state index contributed by atoms with van der Waals surface area (Å²) in [5.74, 6) is 1.08. The summed E-state index contributed by atoms with van der Waals surface area (Å²) in [6.45, 7) is 3.64. The van der Waals surface area contributed by atoms with Crippen LogP contribution in [0.1, 0.15) is 24.2 Å². The van der Waals surface area contributed by atoms with Gasteiger partial charge in [-0.15, -0.1) is 0 Å². The summed E-state index contributed by atoms with van der Waals surface area (Å²) in [5, 5.41) is 0. The number of aryl methyl sites for hydroxylation is 1. The van der Waals surface area contributed by atoms with Gasteiger partial charge >= 0.3 is 6.18 Å². The second-order valence-electron chi connectivity index (χ2n) is 6.14. The van der Waals surface area contributed by atoms with E-state index in [9.17, 15) is 13.2 Å². The Morgan fingerprint density at radius 3 is 2.88 bits per heavy atom. The smallest absolute Gasteiger partial charge is 0.433 e. The molecule has 1 atom stereocenters. The monoisotopic (exact) mass is 352 g/mol. The molecule has 3 rings (SSSR count). The van der Waals surface area contributed by atoms with Gasteiger partial charge in [0.05, 0.1) is 6.61 Å². The van der Waals surface area contributed by atoms with Crippen molar-refractivity contribution in [1.29, 1.82) is 0 Å². The predicted octanol–water partition coefficient (Wildman–Crippen LogP) is 3.49. The molecule has 1 aliphatic heterocycles. The fraction of sp³-hybridized carbons (Fsp3) is 0.471. The molecule has 0 aliphatic carbocycles. The molecule has 25 heavy (non-hydrogen) atoms. The number of anilines is 1. The first-order chi connectivity index (χ1) is 11.9. The number of alkyl halides is 3. The molecule has 134 valence electrons. The molecular formula is C17H19F3N4O. The van der Waals surface area contributed by atoms with Crippen LogP contribution in [0.3, 0.4) is 0 Å². The van der Waals surface area contributed by atoms with Crippen molar-refractivity contribution in [3.63, 3.8) is 0 Å². The van der Waals surface area contributed by atoms with Gasteiger partial charge in [-0.3, -0.25) is 0 Å². The van der Waals surface area contributed by atoms with Crippen molar-refractivity contribution in [2.24, 2.45) is 5.92 Å². The van der Waals surface area contributed by atoms with Crippen LogP contribution >= 0.6 is 0 Å². The van der Waals surface area contributed by atoms with Crippen LogP contribution in [0, 0.1) is 12.8 Å². The lowest BCUT2D eigenvalue weighted by Crippen LogP contribution is -2.38. The number of hydrogen-bond acceptors (Lipinski definition) is 5. The molecule has 2 aromatic heterocycles. The van der Waals surface area contributed by atoms with Crippen LogP contribution in [0.5, 0.6) is 5.88 Å². The van der Waals surface area contributed by atoms with E-state index in [-0.39, 0.29) is 5.92 Å². The van der Waals surface area contributed by atoms with Gasteiger partial charge in [-0.25, -0.2) is 15.0 Å². The van der Waals surface area contributed by atoms with Crippen molar-refractivity contribution in [3.05, 3.63) is 42.0 Å². The SMILES string of the molecule is Cc1cccc(OCC2CCCN(c3cc(C(F)(F)F)ncn3)C2)n1. The highest BCUT2D eigenvalue weighted by atomic mass is 19.4. The van der Waals surface area contributed by atoms with Crippen molar-refractivity contribution >= 4 is 5.82 Å². The minimum Gasteiger partial charge on any atom is -0.477 e. The maximum Gasteiger partial charge on any atom is 0.433 e. The van der Waals surface area contributed by atoms with Gasteiger partial charge in [-0.2, -0.15) is 13.2 Å². The van der Waals surface area contributed by atoms with E-state index in [1.807, 2.05) is 24.0 Å². The van der Waals surface area contributed by atoms with Crippen LogP contribution in [-0.4, -0.2) is 34.6 Å². The second kappa shape index (κ2) is 7.25. The van der Waals surface area contributed by atoms with Gasteiger partial charge in [0.1, 0.15) is 17.8 Å². The summed E-state index contributed by atoms with van der Waals surface area (Å²) in [6, 6.07) is 6.58. The van der Waals surface area contributed by atoms with Crippen molar-refractivity contribution in [1.82, 2.24) is 15.0 Å². The Balaban J connectivity index is 1.63. The molecule has 0 aromatic carbocycles. The lowest BCUT2D eigenvalue weighted by molar-refractivity contribution is -0.141. The van der Waals surface area contributed by atoms with Gasteiger partial charge in [-0.1, -0.05) is 6.07 Å². The molecule has 1 aliphatic rings. The van der Waals surface area contributed by atoms with Gasteiger partial charge in [0, 0.05) is 36.8 Å². The van der Waals surface area contributed by atoms with E-state index in [1.54, 1.807) is 6.07 Å². The van der Waals surface area contributed by atoms with Gasteiger partial charge in [-0.05, 0) is 25.8 Å². The fourth-order valence-electron chi connectivity index (χ4n) is 2.89. The van der Waals surface area contributed by atoms with E-state index < -0.39 is 11.9 Å². The number of aromatic nitrogens is 3. The molecular weight excluding hydrogens is 333 g/mol. The molecule has 1 fully saturated rings. The van der Waals surface area contributed by atoms with Crippen molar-refractivity contribution in [2.45, 2.75) is 25.9 Å². The molecule has 0 amide bonds. The van der Waals surface area contributed by atoms with E-state index >= 15 is 0 Å². The third-order valence-electron chi connectivity index (χ3n) is 4.12. The Kier molecular flexibility index (Phi) is 5.06. The number of hydrogen-bond donors (Lipinski definition) is 0. The zero-order chi connectivity index (χ0) is 17.9. The van der Waals surface area contributed by atoms with E-state index in [0.717, 1.165) is 30.9 Å². The quantitative estimate of drug-likeness (QED) is 0.843. The maximum atomic E-state index is 12.8. The van der Waals surface area contributed by atoms with Crippen molar-refractivity contribution in [2.75, 3.05) is 24.6 Å². The van der Waals surface area contributed by atoms with Crippen LogP contribution in [-0.2, 0) is 6.18 Å². The standard InChI is InChI=1S/C17H19F3N4O/c1-12-4-2-6-16(23-12)25-10-13-5-3-7-24(9-13)15-8-14(17(18,19)20)21-11-22-15/h2,4,6,8,11,13H,3,5,7,9-10H2,1H3. The molecule has 1 saturated heterocycles. The number of pyridine rings is 1. The predicted molar refractivity (Wildman–Crippen MR) is 86.4 cm³/mol. The molecule has 0 N–H and O–H groups in total. The van der Waals surface area contributed by atoms with E-state index in [4.69, 9.17) is 4.74 Å². The van der Waals surface area contributed by atoms with Crippen molar-refractivity contribution in [3.8, 4) is 5.88 Å². The first-order valence-corrected chi connectivity index (χ1v) is 8.12. The van der Waals surface area contributed by atoms with Gasteiger partial charge in [0.15, 0.2) is 0 Å². The summed E-state index contributed by atoms with van der Waals surface area (Å²) in [7, 11) is 0. The summed E-state index contributed by atoms with van der Waals surface area (Å²) in [5.41, 5.74) is -0.0386. The zero-order valence-electron chi connectivity index (χ0n) is 13.8. The number of ether oxygens (including phenoxy) is 1. The minimum atomic E-state index is -4.47. The van der Waals surface area contributed by atoms with Gasteiger partial charge in [0.25, 0.3) is 0 Å². The second-order valence-corrected chi connectivity index (χ2v) is 6.14. The van der Waals surface area contributed by atoms with E-state index in [0.29, 0.717) is 31.4 Å². The van der Waals surface area contributed by atoms with Crippen LogP contribution in [0.25, 0.3) is 0 Å². The normalized spacial score (nSPS) is 18.2. The molecule has 1 unspecified atom stereocenters. The Morgan fingerprint density at radius 1 is 1.28 bits per heavy atom. The van der Waals surface area contributed by atoms with E-state index in [2.05, 4.69) is 15.0 Å². The number of halogens is 3. The summed E-state index contributed by atoms with van der Waals surface area (Å²) >= 11 is 0. The molecule has 0 spiro atoms. The number of rotatable bonds is 4. The third-order valence-corrected chi connectivity index (χ3v) is 4.12. The first kappa shape index (κ1) is 17.4. The number of nitrogens with zero attached hydrogens (tertiary/aromatic N) is 4. The van der Waals surface area contributed by atoms with Crippen LogP contribution in [0.4, 0.5) is 19.0 Å². The van der Waals surface area contributed by atoms with E-state index in [1.165, 1.54) is 0 Å². The summed E-state index contributed by atoms with van der Waals surface area (Å²) in [4.78, 5) is 13.5. The number of piperidine rings is 1. The molecule has 0 bridgehead atoms. The molecule has 0 radical (unpaired) electrons. The highest BCUT2D eigenvalue weighted by Gasteiger charge is 2.33. The van der Waals surface area contributed by atoms with Crippen LogP contribution < -0.4 is 9.64 Å². The minimum absolute atomic E-state index is 0.209.